The molecule has 1 aromatic carbocycles. The number of carbonyl (C=O) groups is 1. The van der Waals surface area contributed by atoms with E-state index in [2.05, 4.69) is 15.6 Å². The number of nitrogens with zero attached hydrogens (tertiary/aromatic N) is 4. The summed E-state index contributed by atoms with van der Waals surface area (Å²) in [4.78, 5) is 13.5. The van der Waals surface area contributed by atoms with Gasteiger partial charge in [-0.25, -0.2) is 0 Å². The van der Waals surface area contributed by atoms with Crippen LogP contribution >= 0.6 is 11.6 Å². The van der Waals surface area contributed by atoms with Gasteiger partial charge in [-0.1, -0.05) is 16.8 Å². The molecule has 1 amide bonds. The molecule has 1 heterocycles. The number of aryl methyl sites for hydroxylation is 1. The highest BCUT2D eigenvalue weighted by Crippen LogP contribution is 2.22. The summed E-state index contributed by atoms with van der Waals surface area (Å²) in [6.45, 7) is 0.533. The van der Waals surface area contributed by atoms with Gasteiger partial charge < -0.3 is 10.2 Å². The fraction of sp³-hybridized carbons (Fsp3) is 0.308. The number of rotatable bonds is 4. The third kappa shape index (κ3) is 3.27. The second kappa shape index (κ2) is 5.92. The van der Waals surface area contributed by atoms with E-state index in [-0.39, 0.29) is 5.91 Å². The van der Waals surface area contributed by atoms with Crippen LogP contribution in [-0.4, -0.2) is 39.9 Å². The number of benzene rings is 1. The summed E-state index contributed by atoms with van der Waals surface area (Å²) >= 11 is 6.05. The molecule has 0 atom stereocenters. The van der Waals surface area contributed by atoms with Gasteiger partial charge in [0.1, 0.15) is 5.69 Å². The maximum absolute atomic E-state index is 12.0. The predicted molar refractivity (Wildman–Crippen MR) is 77.8 cm³/mol. The summed E-state index contributed by atoms with van der Waals surface area (Å²) in [5.74, 6) is -0.127. The number of anilines is 1. The van der Waals surface area contributed by atoms with Gasteiger partial charge in [-0.15, -0.1) is 5.10 Å². The van der Waals surface area contributed by atoms with E-state index in [9.17, 15) is 4.79 Å². The lowest BCUT2D eigenvalue weighted by atomic mass is 10.1. The van der Waals surface area contributed by atoms with Crippen LogP contribution in [0.3, 0.4) is 0 Å². The minimum Gasteiger partial charge on any atom is -0.379 e. The first-order chi connectivity index (χ1) is 9.47. The number of amides is 1. The molecule has 7 heteroatoms. The first-order valence-corrected chi connectivity index (χ1v) is 6.45. The fourth-order valence-electron chi connectivity index (χ4n) is 1.71. The van der Waals surface area contributed by atoms with E-state index in [4.69, 9.17) is 11.6 Å². The summed E-state index contributed by atoms with van der Waals surface area (Å²) in [6.07, 6.45) is 1.83. The van der Waals surface area contributed by atoms with Crippen molar-refractivity contribution >= 4 is 23.2 Å². The van der Waals surface area contributed by atoms with Gasteiger partial charge in [0, 0.05) is 33.0 Å². The van der Waals surface area contributed by atoms with Crippen LogP contribution in [0, 0.1) is 0 Å². The van der Waals surface area contributed by atoms with Crippen molar-refractivity contribution in [2.75, 3.05) is 19.4 Å². The van der Waals surface area contributed by atoms with Gasteiger partial charge >= 0.3 is 0 Å². The fourth-order valence-corrected chi connectivity index (χ4v) is 1.91. The largest absolute Gasteiger partial charge is 0.379 e. The Balaban J connectivity index is 2.13. The highest BCUT2D eigenvalue weighted by molar-refractivity contribution is 6.34. The zero-order valence-corrected chi connectivity index (χ0v) is 12.3. The van der Waals surface area contributed by atoms with Gasteiger partial charge in [-0.2, -0.15) is 0 Å². The standard InChI is InChI=1S/C13H16ClN5O/c1-18(2)13(20)11-6-9(4-5-12(11)14)15-7-10-8-19(3)17-16-10/h4-6,8,15H,7H2,1-3H3. The molecular formula is C13H16ClN5O. The lowest BCUT2D eigenvalue weighted by molar-refractivity contribution is 0.0828. The summed E-state index contributed by atoms with van der Waals surface area (Å²) in [5.41, 5.74) is 2.11. The van der Waals surface area contributed by atoms with Crippen LogP contribution in [0.1, 0.15) is 16.1 Å². The summed E-state index contributed by atoms with van der Waals surface area (Å²) in [5, 5.41) is 11.5. The molecule has 0 aliphatic heterocycles. The number of nitrogens with one attached hydrogen (secondary N) is 1. The molecule has 0 aliphatic rings. The van der Waals surface area contributed by atoms with Crippen LogP contribution in [0.5, 0.6) is 0 Å². The van der Waals surface area contributed by atoms with E-state index in [1.807, 2.05) is 19.3 Å². The SMILES string of the molecule is CN(C)C(=O)c1cc(NCc2cn(C)nn2)ccc1Cl. The molecule has 0 radical (unpaired) electrons. The third-order valence-corrected chi connectivity index (χ3v) is 3.06. The van der Waals surface area contributed by atoms with Crippen LogP contribution < -0.4 is 5.32 Å². The maximum atomic E-state index is 12.0. The number of hydrogen-bond acceptors (Lipinski definition) is 4. The molecule has 106 valence electrons. The van der Waals surface area contributed by atoms with Gasteiger partial charge in [-0.05, 0) is 18.2 Å². The van der Waals surface area contributed by atoms with Crippen molar-refractivity contribution in [2.24, 2.45) is 7.05 Å². The smallest absolute Gasteiger partial charge is 0.254 e. The molecule has 0 unspecified atom stereocenters. The minimum atomic E-state index is -0.127. The van der Waals surface area contributed by atoms with Gasteiger partial charge in [0.05, 0.1) is 17.1 Å². The average Bonchev–Trinajstić information content (AvgIpc) is 2.82. The molecule has 6 nitrogen and oxygen atoms in total. The number of carbonyl (C=O) groups excluding carboxylic acids is 1. The first kappa shape index (κ1) is 14.3. The Morgan fingerprint density at radius 1 is 1.45 bits per heavy atom. The van der Waals surface area contributed by atoms with Crippen LogP contribution in [0.4, 0.5) is 5.69 Å². The molecular weight excluding hydrogens is 278 g/mol. The molecule has 20 heavy (non-hydrogen) atoms. The molecule has 1 aromatic heterocycles. The van der Waals surface area contributed by atoms with E-state index in [1.54, 1.807) is 30.9 Å². The summed E-state index contributed by atoms with van der Waals surface area (Å²) < 4.78 is 1.64. The minimum absolute atomic E-state index is 0.127. The van der Waals surface area contributed by atoms with Crippen LogP contribution in [0.15, 0.2) is 24.4 Å². The van der Waals surface area contributed by atoms with Gasteiger partial charge in [0.15, 0.2) is 0 Å². The van der Waals surface area contributed by atoms with Crippen molar-refractivity contribution < 1.29 is 4.79 Å². The van der Waals surface area contributed by atoms with Crippen molar-refractivity contribution in [1.82, 2.24) is 19.9 Å². The zero-order chi connectivity index (χ0) is 14.7. The Bertz CT molecular complexity index is 623. The summed E-state index contributed by atoms with van der Waals surface area (Å²) in [6, 6.07) is 5.27. The molecule has 0 aliphatic carbocycles. The molecule has 2 rings (SSSR count). The van der Waals surface area contributed by atoms with Crippen LogP contribution in [0.25, 0.3) is 0 Å². The highest BCUT2D eigenvalue weighted by Gasteiger charge is 2.13. The van der Waals surface area contributed by atoms with Crippen LogP contribution in [-0.2, 0) is 13.6 Å². The lowest BCUT2D eigenvalue weighted by Gasteiger charge is -2.13. The number of hydrogen-bond donors (Lipinski definition) is 1. The number of halogens is 1. The molecule has 1 N–H and O–H groups in total. The maximum Gasteiger partial charge on any atom is 0.254 e. The quantitative estimate of drug-likeness (QED) is 0.933. The van der Waals surface area contributed by atoms with E-state index in [0.717, 1.165) is 11.4 Å². The predicted octanol–water partition coefficient (Wildman–Crippen LogP) is 1.78. The second-order valence-corrected chi connectivity index (χ2v) is 5.04. The average molecular weight is 294 g/mol. The normalized spacial score (nSPS) is 10.4. The Morgan fingerprint density at radius 3 is 2.80 bits per heavy atom. The monoisotopic (exact) mass is 293 g/mol. The van der Waals surface area contributed by atoms with Gasteiger partial charge in [0.2, 0.25) is 0 Å². The Kier molecular flexibility index (Phi) is 4.24. The van der Waals surface area contributed by atoms with Crippen molar-refractivity contribution in [3.05, 3.63) is 40.7 Å². The van der Waals surface area contributed by atoms with Crippen molar-refractivity contribution in [2.45, 2.75) is 6.54 Å². The van der Waals surface area contributed by atoms with Crippen molar-refractivity contribution in [1.29, 1.82) is 0 Å². The van der Waals surface area contributed by atoms with E-state index in [1.165, 1.54) is 4.90 Å². The first-order valence-electron chi connectivity index (χ1n) is 6.07. The molecule has 2 aromatic rings. The number of aromatic nitrogens is 3. The molecule has 0 spiro atoms. The zero-order valence-electron chi connectivity index (χ0n) is 11.6. The molecule has 0 fully saturated rings. The van der Waals surface area contributed by atoms with Gasteiger partial charge in [0.25, 0.3) is 5.91 Å². The second-order valence-electron chi connectivity index (χ2n) is 4.63. The lowest BCUT2D eigenvalue weighted by Crippen LogP contribution is -2.22. The summed E-state index contributed by atoms with van der Waals surface area (Å²) in [7, 11) is 5.20. The van der Waals surface area contributed by atoms with Crippen LogP contribution in [0.2, 0.25) is 5.02 Å². The Morgan fingerprint density at radius 2 is 2.20 bits per heavy atom. The van der Waals surface area contributed by atoms with E-state index < -0.39 is 0 Å². The third-order valence-electron chi connectivity index (χ3n) is 2.73. The van der Waals surface area contributed by atoms with E-state index >= 15 is 0 Å². The molecule has 0 saturated carbocycles. The van der Waals surface area contributed by atoms with Crippen molar-refractivity contribution in [3.8, 4) is 0 Å². The van der Waals surface area contributed by atoms with Gasteiger partial charge in [-0.3, -0.25) is 9.48 Å². The Hall–Kier alpha value is -2.08. The highest BCUT2D eigenvalue weighted by atomic mass is 35.5. The topological polar surface area (TPSA) is 63.1 Å². The molecule has 0 saturated heterocycles. The Labute approximate surface area is 122 Å². The van der Waals surface area contributed by atoms with E-state index in [0.29, 0.717) is 17.1 Å². The van der Waals surface area contributed by atoms with Crippen molar-refractivity contribution in [3.63, 3.8) is 0 Å². The molecule has 0 bridgehead atoms.